The van der Waals surface area contributed by atoms with Gasteiger partial charge < -0.3 is 14.5 Å². The fourth-order valence-electron chi connectivity index (χ4n) is 4.51. The summed E-state index contributed by atoms with van der Waals surface area (Å²) in [6.07, 6.45) is 1.58. The molecule has 2 aromatic carbocycles. The largest absolute Gasteiger partial charge is 0.383 e. The van der Waals surface area contributed by atoms with Gasteiger partial charge in [0.1, 0.15) is 13.1 Å². The van der Waals surface area contributed by atoms with E-state index in [9.17, 15) is 4.79 Å². The van der Waals surface area contributed by atoms with Crippen molar-refractivity contribution in [3.63, 3.8) is 0 Å². The van der Waals surface area contributed by atoms with Gasteiger partial charge in [-0.2, -0.15) is 0 Å². The number of benzene rings is 2. The van der Waals surface area contributed by atoms with Crippen molar-refractivity contribution >= 4 is 5.78 Å². The Labute approximate surface area is 167 Å². The van der Waals surface area contributed by atoms with E-state index in [2.05, 4.69) is 59.5 Å². The van der Waals surface area contributed by atoms with Crippen LogP contribution in [0.5, 0.6) is 0 Å². The first-order valence-electron chi connectivity index (χ1n) is 10.2. The molecule has 0 fully saturated rings. The van der Waals surface area contributed by atoms with E-state index < -0.39 is 0 Å². The quantitative estimate of drug-likeness (QED) is 0.839. The minimum atomic E-state index is 0.285. The Hall–Kier alpha value is -2.43. The second kappa shape index (κ2) is 8.72. The van der Waals surface area contributed by atoms with E-state index in [0.717, 1.165) is 38.3 Å². The van der Waals surface area contributed by atoms with Crippen LogP contribution in [0, 0.1) is 0 Å². The van der Waals surface area contributed by atoms with E-state index >= 15 is 0 Å². The molecule has 0 aromatic heterocycles. The number of nitrogens with one attached hydrogen (secondary N) is 1. The summed E-state index contributed by atoms with van der Waals surface area (Å²) in [5, 5.41) is 0. The molecule has 4 rings (SSSR count). The SMILES string of the molecule is COCCN1C[NH+](Cc2ccccc2)CC2=C1C[C@H](c1ccccc1)CC2=O. The molecule has 146 valence electrons. The zero-order valence-electron chi connectivity index (χ0n) is 16.6. The first kappa shape index (κ1) is 18.9. The van der Waals surface area contributed by atoms with Gasteiger partial charge in [-0.25, -0.2) is 0 Å². The van der Waals surface area contributed by atoms with Crippen LogP contribution < -0.4 is 4.90 Å². The lowest BCUT2D eigenvalue weighted by Crippen LogP contribution is -3.13. The molecule has 0 saturated carbocycles. The normalized spacial score (nSPS) is 22.3. The lowest BCUT2D eigenvalue weighted by atomic mass is 9.80. The smallest absolute Gasteiger partial charge is 0.166 e. The number of methoxy groups -OCH3 is 1. The molecular formula is C24H29N2O2+. The third kappa shape index (κ3) is 4.18. The van der Waals surface area contributed by atoms with Gasteiger partial charge in [-0.1, -0.05) is 60.7 Å². The van der Waals surface area contributed by atoms with Gasteiger partial charge >= 0.3 is 0 Å². The Morgan fingerprint density at radius 1 is 1.04 bits per heavy atom. The summed E-state index contributed by atoms with van der Waals surface area (Å²) >= 11 is 0. The number of quaternary nitrogens is 1. The van der Waals surface area contributed by atoms with Crippen molar-refractivity contribution in [2.45, 2.75) is 25.3 Å². The van der Waals surface area contributed by atoms with E-state index in [4.69, 9.17) is 4.74 Å². The first-order chi connectivity index (χ1) is 13.7. The number of nitrogens with zero attached hydrogens (tertiary/aromatic N) is 1. The Morgan fingerprint density at radius 2 is 1.75 bits per heavy atom. The number of ether oxygens (including phenoxy) is 1. The summed E-state index contributed by atoms with van der Waals surface area (Å²) in [5.74, 6) is 0.607. The van der Waals surface area contributed by atoms with Crippen molar-refractivity contribution in [3.05, 3.63) is 83.1 Å². The highest BCUT2D eigenvalue weighted by Gasteiger charge is 2.37. The molecule has 4 nitrogen and oxygen atoms in total. The van der Waals surface area contributed by atoms with Gasteiger partial charge in [-0.15, -0.1) is 0 Å². The van der Waals surface area contributed by atoms with Crippen molar-refractivity contribution in [2.24, 2.45) is 0 Å². The maximum atomic E-state index is 13.1. The van der Waals surface area contributed by atoms with Crippen LogP contribution in [0.1, 0.15) is 29.9 Å². The predicted molar refractivity (Wildman–Crippen MR) is 110 cm³/mol. The number of carbonyl (C=O) groups excluding carboxylic acids is 1. The van der Waals surface area contributed by atoms with Crippen molar-refractivity contribution in [2.75, 3.05) is 33.5 Å². The van der Waals surface area contributed by atoms with Crippen molar-refractivity contribution in [3.8, 4) is 0 Å². The zero-order valence-corrected chi connectivity index (χ0v) is 16.6. The summed E-state index contributed by atoms with van der Waals surface area (Å²) in [4.78, 5) is 16.9. The fourth-order valence-corrected chi connectivity index (χ4v) is 4.51. The summed E-state index contributed by atoms with van der Waals surface area (Å²) in [5.41, 5.74) is 4.88. The number of ketones is 1. The Bertz CT molecular complexity index is 832. The Morgan fingerprint density at radius 3 is 2.46 bits per heavy atom. The summed E-state index contributed by atoms with van der Waals surface area (Å²) in [6, 6.07) is 21.0. The minimum absolute atomic E-state index is 0.285. The number of Topliss-reactive ketones (excluding diaryl/α,β-unsaturated/α-hetero) is 1. The average Bonchev–Trinajstić information content (AvgIpc) is 2.74. The standard InChI is InChI=1S/C24H28N2O2/c1-28-13-12-26-18-25(16-19-8-4-2-5-9-19)17-22-23(26)14-21(15-24(22)27)20-10-6-3-7-11-20/h2-11,21H,12-18H2,1H3/p+1/t21-/m0/s1. The number of hydrogen-bond donors (Lipinski definition) is 1. The summed E-state index contributed by atoms with van der Waals surface area (Å²) in [7, 11) is 1.74. The lowest BCUT2D eigenvalue weighted by Gasteiger charge is -2.41. The molecule has 0 spiro atoms. The van der Waals surface area contributed by atoms with E-state index in [1.807, 2.05) is 6.07 Å². The van der Waals surface area contributed by atoms with Crippen LogP contribution in [-0.4, -0.2) is 44.2 Å². The molecule has 0 saturated heterocycles. The highest BCUT2D eigenvalue weighted by molar-refractivity contribution is 5.97. The van der Waals surface area contributed by atoms with E-state index in [0.29, 0.717) is 18.8 Å². The molecule has 1 aliphatic carbocycles. The highest BCUT2D eigenvalue weighted by Crippen LogP contribution is 2.36. The van der Waals surface area contributed by atoms with Crippen LogP contribution >= 0.6 is 0 Å². The van der Waals surface area contributed by atoms with Crippen molar-refractivity contribution in [1.29, 1.82) is 0 Å². The van der Waals surface area contributed by atoms with Crippen molar-refractivity contribution < 1.29 is 14.4 Å². The molecule has 0 amide bonds. The molecule has 1 aliphatic heterocycles. The van der Waals surface area contributed by atoms with Gasteiger partial charge in [-0.3, -0.25) is 4.79 Å². The molecule has 4 heteroatoms. The number of hydrogen-bond acceptors (Lipinski definition) is 3. The molecule has 1 unspecified atom stereocenters. The fraction of sp³-hybridized carbons (Fsp3) is 0.375. The number of carbonyl (C=O) groups is 1. The van der Waals surface area contributed by atoms with Crippen LogP contribution in [-0.2, 0) is 16.1 Å². The highest BCUT2D eigenvalue weighted by atomic mass is 16.5. The van der Waals surface area contributed by atoms with Gasteiger partial charge in [0.05, 0.1) is 12.2 Å². The Kier molecular flexibility index (Phi) is 5.89. The topological polar surface area (TPSA) is 34.0 Å². The molecule has 28 heavy (non-hydrogen) atoms. The van der Waals surface area contributed by atoms with Gasteiger partial charge in [0.2, 0.25) is 0 Å². The molecule has 1 N–H and O–H groups in total. The molecule has 1 heterocycles. The monoisotopic (exact) mass is 377 g/mol. The van der Waals surface area contributed by atoms with Gasteiger partial charge in [0.15, 0.2) is 12.5 Å². The van der Waals surface area contributed by atoms with Crippen molar-refractivity contribution in [1.82, 2.24) is 4.90 Å². The van der Waals surface area contributed by atoms with Crippen LogP contribution in [0.25, 0.3) is 0 Å². The molecule has 0 radical (unpaired) electrons. The van der Waals surface area contributed by atoms with Gasteiger partial charge in [0.25, 0.3) is 0 Å². The maximum Gasteiger partial charge on any atom is 0.166 e. The molecular weight excluding hydrogens is 348 g/mol. The van der Waals surface area contributed by atoms with E-state index in [-0.39, 0.29) is 5.92 Å². The second-order valence-corrected chi connectivity index (χ2v) is 7.87. The third-order valence-corrected chi connectivity index (χ3v) is 5.91. The predicted octanol–water partition coefficient (Wildman–Crippen LogP) is 2.39. The van der Waals surface area contributed by atoms with E-state index in [1.165, 1.54) is 21.7 Å². The minimum Gasteiger partial charge on any atom is -0.383 e. The number of rotatable bonds is 6. The van der Waals surface area contributed by atoms with Crippen LogP contribution in [0.4, 0.5) is 0 Å². The molecule has 0 bridgehead atoms. The average molecular weight is 378 g/mol. The lowest BCUT2D eigenvalue weighted by molar-refractivity contribution is -0.921. The number of allylic oxidation sites excluding steroid dienone is 1. The van der Waals surface area contributed by atoms with Crippen LogP contribution in [0.15, 0.2) is 71.9 Å². The summed E-state index contributed by atoms with van der Waals surface area (Å²) < 4.78 is 5.36. The maximum absolute atomic E-state index is 13.1. The third-order valence-electron chi connectivity index (χ3n) is 5.91. The second-order valence-electron chi connectivity index (χ2n) is 7.87. The molecule has 2 atom stereocenters. The molecule has 2 aromatic rings. The first-order valence-corrected chi connectivity index (χ1v) is 10.2. The molecule has 2 aliphatic rings. The van der Waals surface area contributed by atoms with Crippen LogP contribution in [0.2, 0.25) is 0 Å². The van der Waals surface area contributed by atoms with Crippen LogP contribution in [0.3, 0.4) is 0 Å². The summed E-state index contributed by atoms with van der Waals surface area (Å²) in [6.45, 7) is 4.21. The van der Waals surface area contributed by atoms with Gasteiger partial charge in [0, 0.05) is 31.3 Å². The Balaban J connectivity index is 1.58. The zero-order chi connectivity index (χ0) is 19.3. The van der Waals surface area contributed by atoms with Gasteiger partial charge in [-0.05, 0) is 17.9 Å². The van der Waals surface area contributed by atoms with E-state index in [1.54, 1.807) is 7.11 Å².